The SMILES string of the molecule is Cc1c(Cl)cccc1NC(=O)/C(C#N)=C\c1cn(Cc2cccc3ccccc23)c2ccccc12. The zero-order chi connectivity index (χ0) is 24.4. The fourth-order valence-electron chi connectivity index (χ4n) is 4.37. The van der Waals surface area contributed by atoms with Crippen molar-refractivity contribution in [3.05, 3.63) is 118 Å². The smallest absolute Gasteiger partial charge is 0.266 e. The molecule has 1 aromatic heterocycles. The first kappa shape index (κ1) is 22.5. The van der Waals surface area contributed by atoms with Crippen molar-refractivity contribution in [2.75, 3.05) is 5.32 Å². The Balaban J connectivity index is 1.52. The van der Waals surface area contributed by atoms with Gasteiger partial charge in [0, 0.05) is 39.9 Å². The Morgan fingerprint density at radius 1 is 0.971 bits per heavy atom. The molecule has 0 saturated carbocycles. The number of carbonyl (C=O) groups excluding carboxylic acids is 1. The Kier molecular flexibility index (Phi) is 6.10. The van der Waals surface area contributed by atoms with E-state index in [-0.39, 0.29) is 5.57 Å². The molecular formula is C30H22ClN3O. The molecule has 170 valence electrons. The molecule has 1 amide bonds. The van der Waals surface area contributed by atoms with Gasteiger partial charge in [0.15, 0.2) is 0 Å². The minimum atomic E-state index is -0.469. The van der Waals surface area contributed by atoms with E-state index in [2.05, 4.69) is 52.4 Å². The maximum Gasteiger partial charge on any atom is 0.266 e. The third-order valence-electron chi connectivity index (χ3n) is 6.22. The van der Waals surface area contributed by atoms with E-state index < -0.39 is 5.91 Å². The van der Waals surface area contributed by atoms with Crippen LogP contribution in [0.5, 0.6) is 0 Å². The van der Waals surface area contributed by atoms with Crippen molar-refractivity contribution in [3.8, 4) is 6.07 Å². The highest BCUT2D eigenvalue weighted by Gasteiger charge is 2.15. The van der Waals surface area contributed by atoms with Crippen LogP contribution in [0.1, 0.15) is 16.7 Å². The molecule has 5 rings (SSSR count). The van der Waals surface area contributed by atoms with E-state index in [4.69, 9.17) is 11.6 Å². The van der Waals surface area contributed by atoms with Gasteiger partial charge in [0.25, 0.3) is 5.91 Å². The predicted molar refractivity (Wildman–Crippen MR) is 143 cm³/mol. The summed E-state index contributed by atoms with van der Waals surface area (Å²) in [5, 5.41) is 16.5. The standard InChI is InChI=1S/C30H22ClN3O/c1-20-27(31)13-7-14-28(20)33-30(35)23(17-32)16-24-19-34(29-15-5-4-12-26(24)29)18-22-10-6-9-21-8-2-3-11-25(21)22/h2-16,19H,18H2,1H3,(H,33,35)/b23-16-. The van der Waals surface area contributed by atoms with E-state index in [1.807, 2.05) is 43.5 Å². The molecule has 0 spiro atoms. The predicted octanol–water partition coefficient (Wildman–Crippen LogP) is 7.35. The van der Waals surface area contributed by atoms with Crippen molar-refractivity contribution in [2.24, 2.45) is 0 Å². The summed E-state index contributed by atoms with van der Waals surface area (Å²) in [5.74, 6) is -0.469. The Hall–Kier alpha value is -4.33. The average Bonchev–Trinajstić information content (AvgIpc) is 3.22. The summed E-state index contributed by atoms with van der Waals surface area (Å²) in [6.07, 6.45) is 3.65. The van der Waals surface area contributed by atoms with Crippen LogP contribution in [0.25, 0.3) is 27.8 Å². The Bertz CT molecular complexity index is 1650. The summed E-state index contributed by atoms with van der Waals surface area (Å²) in [6, 6.07) is 30.0. The van der Waals surface area contributed by atoms with Crippen LogP contribution in [0.2, 0.25) is 5.02 Å². The Morgan fingerprint density at radius 3 is 2.51 bits per heavy atom. The van der Waals surface area contributed by atoms with E-state index >= 15 is 0 Å². The summed E-state index contributed by atoms with van der Waals surface area (Å²) in [4.78, 5) is 12.9. The van der Waals surface area contributed by atoms with E-state index in [0.717, 1.165) is 22.0 Å². The number of benzene rings is 4. The number of hydrogen-bond donors (Lipinski definition) is 1. The number of para-hydroxylation sites is 1. The first-order valence-electron chi connectivity index (χ1n) is 11.3. The molecule has 0 aliphatic heterocycles. The molecule has 5 heteroatoms. The number of nitrogens with zero attached hydrogens (tertiary/aromatic N) is 2. The molecule has 0 aliphatic rings. The minimum Gasteiger partial charge on any atom is -0.342 e. The number of halogens is 1. The van der Waals surface area contributed by atoms with Gasteiger partial charge in [-0.05, 0) is 53.1 Å². The summed E-state index contributed by atoms with van der Waals surface area (Å²) in [5.41, 5.74) is 4.42. The zero-order valence-corrected chi connectivity index (χ0v) is 19.9. The van der Waals surface area contributed by atoms with Crippen LogP contribution in [0.3, 0.4) is 0 Å². The number of amides is 1. The molecule has 0 aliphatic carbocycles. The molecule has 0 radical (unpaired) electrons. The normalized spacial score (nSPS) is 11.5. The van der Waals surface area contributed by atoms with Crippen LogP contribution in [0, 0.1) is 18.3 Å². The molecule has 0 atom stereocenters. The second-order valence-electron chi connectivity index (χ2n) is 8.40. The maximum atomic E-state index is 12.9. The van der Waals surface area contributed by atoms with Crippen LogP contribution in [-0.2, 0) is 11.3 Å². The van der Waals surface area contributed by atoms with Gasteiger partial charge in [-0.2, -0.15) is 5.26 Å². The molecular weight excluding hydrogens is 454 g/mol. The molecule has 0 saturated heterocycles. The van der Waals surface area contributed by atoms with Gasteiger partial charge in [0.1, 0.15) is 11.6 Å². The zero-order valence-electron chi connectivity index (χ0n) is 19.1. The number of carbonyl (C=O) groups is 1. The van der Waals surface area contributed by atoms with Gasteiger partial charge >= 0.3 is 0 Å². The van der Waals surface area contributed by atoms with E-state index in [9.17, 15) is 10.1 Å². The lowest BCUT2D eigenvalue weighted by molar-refractivity contribution is -0.112. The number of nitrogens with one attached hydrogen (secondary N) is 1. The molecule has 5 aromatic rings. The van der Waals surface area contributed by atoms with E-state index in [0.29, 0.717) is 17.3 Å². The molecule has 0 bridgehead atoms. The van der Waals surface area contributed by atoms with Crippen LogP contribution in [0.15, 0.2) is 96.7 Å². The molecule has 4 nitrogen and oxygen atoms in total. The van der Waals surface area contributed by atoms with E-state index in [1.165, 1.54) is 16.3 Å². The van der Waals surface area contributed by atoms with Crippen molar-refractivity contribution < 1.29 is 4.79 Å². The third-order valence-corrected chi connectivity index (χ3v) is 6.63. The average molecular weight is 476 g/mol. The number of anilines is 1. The lowest BCUT2D eigenvalue weighted by Gasteiger charge is -2.09. The number of fused-ring (bicyclic) bond motifs is 2. The number of hydrogen-bond acceptors (Lipinski definition) is 2. The summed E-state index contributed by atoms with van der Waals surface area (Å²) in [7, 11) is 0. The first-order valence-corrected chi connectivity index (χ1v) is 11.7. The topological polar surface area (TPSA) is 57.8 Å². The number of rotatable bonds is 5. The van der Waals surface area contributed by atoms with Gasteiger partial charge < -0.3 is 9.88 Å². The van der Waals surface area contributed by atoms with Crippen molar-refractivity contribution in [1.29, 1.82) is 5.26 Å². The van der Waals surface area contributed by atoms with Gasteiger partial charge in [-0.1, -0.05) is 78.3 Å². The molecule has 0 fully saturated rings. The lowest BCUT2D eigenvalue weighted by Crippen LogP contribution is -2.14. The van der Waals surface area contributed by atoms with Crippen LogP contribution < -0.4 is 5.32 Å². The third kappa shape index (κ3) is 4.42. The van der Waals surface area contributed by atoms with Crippen molar-refractivity contribution in [1.82, 2.24) is 4.57 Å². The van der Waals surface area contributed by atoms with Crippen molar-refractivity contribution >= 4 is 50.9 Å². The highest BCUT2D eigenvalue weighted by atomic mass is 35.5. The Labute approximate surface area is 208 Å². The lowest BCUT2D eigenvalue weighted by atomic mass is 10.0. The molecule has 1 heterocycles. The van der Waals surface area contributed by atoms with Crippen molar-refractivity contribution in [3.63, 3.8) is 0 Å². The fraction of sp³-hybridized carbons (Fsp3) is 0.0667. The number of aromatic nitrogens is 1. The van der Waals surface area contributed by atoms with Gasteiger partial charge in [0.05, 0.1) is 0 Å². The van der Waals surface area contributed by atoms with Crippen LogP contribution in [0.4, 0.5) is 5.69 Å². The molecule has 0 unspecified atom stereocenters. The summed E-state index contributed by atoms with van der Waals surface area (Å²) >= 11 is 6.18. The highest BCUT2D eigenvalue weighted by molar-refractivity contribution is 6.31. The number of nitriles is 1. The Morgan fingerprint density at radius 2 is 1.69 bits per heavy atom. The van der Waals surface area contributed by atoms with Gasteiger partial charge in [0.2, 0.25) is 0 Å². The van der Waals surface area contributed by atoms with Gasteiger partial charge in [-0.3, -0.25) is 4.79 Å². The maximum absolute atomic E-state index is 12.9. The van der Waals surface area contributed by atoms with Gasteiger partial charge in [-0.25, -0.2) is 0 Å². The monoisotopic (exact) mass is 475 g/mol. The highest BCUT2D eigenvalue weighted by Crippen LogP contribution is 2.28. The van der Waals surface area contributed by atoms with E-state index in [1.54, 1.807) is 24.3 Å². The first-order chi connectivity index (χ1) is 17.0. The minimum absolute atomic E-state index is 0.0254. The molecule has 4 aromatic carbocycles. The summed E-state index contributed by atoms with van der Waals surface area (Å²) < 4.78 is 2.16. The van der Waals surface area contributed by atoms with Crippen LogP contribution >= 0.6 is 11.6 Å². The van der Waals surface area contributed by atoms with Crippen LogP contribution in [-0.4, -0.2) is 10.5 Å². The molecule has 1 N–H and O–H groups in total. The second-order valence-corrected chi connectivity index (χ2v) is 8.81. The largest absolute Gasteiger partial charge is 0.342 e. The molecule has 35 heavy (non-hydrogen) atoms. The quantitative estimate of drug-likeness (QED) is 0.213. The second kappa shape index (κ2) is 9.50. The van der Waals surface area contributed by atoms with Gasteiger partial charge in [-0.15, -0.1) is 0 Å². The fourth-order valence-corrected chi connectivity index (χ4v) is 4.55. The summed E-state index contributed by atoms with van der Waals surface area (Å²) in [6.45, 7) is 2.50. The van der Waals surface area contributed by atoms with Crippen molar-refractivity contribution in [2.45, 2.75) is 13.5 Å².